The Labute approximate surface area is 198 Å². The number of benzene rings is 1. The topological polar surface area (TPSA) is 127 Å². The van der Waals surface area contributed by atoms with Crippen molar-refractivity contribution < 1.29 is 19.1 Å². The maximum absolute atomic E-state index is 13.5. The number of hydrogen-bond acceptors (Lipinski definition) is 5. The predicted octanol–water partition coefficient (Wildman–Crippen LogP) is 2.20. The van der Waals surface area contributed by atoms with E-state index in [9.17, 15) is 19.6 Å². The summed E-state index contributed by atoms with van der Waals surface area (Å²) in [6.07, 6.45) is 1.45. The van der Waals surface area contributed by atoms with Gasteiger partial charge in [0.15, 0.2) is 0 Å². The summed E-state index contributed by atoms with van der Waals surface area (Å²) in [5.41, 5.74) is 1.17. The van der Waals surface area contributed by atoms with Gasteiger partial charge in [0.2, 0.25) is 11.8 Å². The second kappa shape index (κ2) is 9.75. The Kier molecular flexibility index (Phi) is 6.77. The lowest BCUT2D eigenvalue weighted by Crippen LogP contribution is -2.49. The molecule has 1 unspecified atom stereocenters. The number of aromatic nitrogens is 1. The van der Waals surface area contributed by atoms with E-state index in [2.05, 4.69) is 35.5 Å². The summed E-state index contributed by atoms with van der Waals surface area (Å²) in [6.45, 7) is 5.21. The molecular weight excluding hydrogens is 434 g/mol. The van der Waals surface area contributed by atoms with Crippen molar-refractivity contribution in [2.45, 2.75) is 45.2 Å². The van der Waals surface area contributed by atoms with Crippen molar-refractivity contribution in [3.8, 4) is 11.8 Å². The van der Waals surface area contributed by atoms with Gasteiger partial charge in [0, 0.05) is 29.9 Å². The third-order valence-corrected chi connectivity index (χ3v) is 7.07. The van der Waals surface area contributed by atoms with Crippen LogP contribution in [0.5, 0.6) is 5.75 Å². The molecule has 9 heteroatoms. The fraction of sp³-hybridized carbons (Fsp3) is 0.520. The van der Waals surface area contributed by atoms with E-state index in [0.717, 1.165) is 10.9 Å². The molecule has 0 aliphatic carbocycles. The van der Waals surface area contributed by atoms with Gasteiger partial charge in [0.05, 0.1) is 13.2 Å². The number of nitriles is 1. The molecule has 3 heterocycles. The molecule has 2 fully saturated rings. The van der Waals surface area contributed by atoms with Gasteiger partial charge in [-0.3, -0.25) is 14.4 Å². The molecule has 2 saturated heterocycles. The molecule has 4 rings (SSSR count). The molecule has 1 aromatic carbocycles. The van der Waals surface area contributed by atoms with Gasteiger partial charge in [0.25, 0.3) is 5.91 Å². The number of carbonyl (C=O) groups is 3. The lowest BCUT2D eigenvalue weighted by molar-refractivity contribution is -0.126. The minimum atomic E-state index is -0.784. The van der Waals surface area contributed by atoms with Crippen LogP contribution >= 0.6 is 0 Å². The number of carbonyl (C=O) groups excluding carboxylic acids is 3. The summed E-state index contributed by atoms with van der Waals surface area (Å²) in [6, 6.07) is 7.95. The summed E-state index contributed by atoms with van der Waals surface area (Å²) in [4.78, 5) is 43.5. The van der Waals surface area contributed by atoms with E-state index in [1.54, 1.807) is 18.1 Å². The number of likely N-dealkylation sites (tertiary alicyclic amines) is 1. The van der Waals surface area contributed by atoms with Crippen LogP contribution < -0.4 is 15.4 Å². The van der Waals surface area contributed by atoms with Crippen LogP contribution in [0.1, 0.15) is 43.6 Å². The third-order valence-electron chi connectivity index (χ3n) is 7.07. The van der Waals surface area contributed by atoms with Crippen molar-refractivity contribution in [3.05, 3.63) is 30.0 Å². The molecule has 9 nitrogen and oxygen atoms in total. The highest BCUT2D eigenvalue weighted by molar-refractivity contribution is 6.01. The Hall–Kier alpha value is -3.54. The molecule has 2 aliphatic rings. The van der Waals surface area contributed by atoms with Crippen molar-refractivity contribution in [2.24, 2.45) is 17.8 Å². The Morgan fingerprint density at radius 1 is 1.35 bits per heavy atom. The lowest BCUT2D eigenvalue weighted by Gasteiger charge is -2.25. The number of rotatable bonds is 7. The fourth-order valence-electron chi connectivity index (χ4n) is 4.97. The molecule has 0 spiro atoms. The van der Waals surface area contributed by atoms with Crippen LogP contribution in [-0.4, -0.2) is 59.9 Å². The zero-order chi connectivity index (χ0) is 24.4. The molecule has 34 heavy (non-hydrogen) atoms. The second-order valence-electron chi connectivity index (χ2n) is 9.52. The second-order valence-corrected chi connectivity index (χ2v) is 9.52. The number of amides is 3. The Balaban J connectivity index is 1.54. The first-order chi connectivity index (χ1) is 16.3. The van der Waals surface area contributed by atoms with Gasteiger partial charge in [-0.1, -0.05) is 19.9 Å². The average Bonchev–Trinajstić information content (AvgIpc) is 3.56. The Morgan fingerprint density at radius 3 is 2.79 bits per heavy atom. The molecule has 2 aliphatic heterocycles. The Morgan fingerprint density at radius 2 is 2.15 bits per heavy atom. The van der Waals surface area contributed by atoms with Gasteiger partial charge in [0.1, 0.15) is 23.5 Å². The largest absolute Gasteiger partial charge is 0.496 e. The number of methoxy groups -OCH3 is 1. The summed E-state index contributed by atoms with van der Waals surface area (Å²) in [7, 11) is 1.58. The smallest absolute Gasteiger partial charge is 0.270 e. The number of H-pyrrole nitrogens is 1. The van der Waals surface area contributed by atoms with Crippen molar-refractivity contribution in [1.82, 2.24) is 20.5 Å². The number of nitrogens with zero attached hydrogens (tertiary/aromatic N) is 2. The zero-order valence-corrected chi connectivity index (χ0v) is 19.8. The maximum Gasteiger partial charge on any atom is 0.270 e. The molecule has 0 radical (unpaired) electrons. The molecule has 1 aromatic heterocycles. The molecule has 2 aromatic rings. The number of aromatic amines is 1. The predicted molar refractivity (Wildman–Crippen MR) is 126 cm³/mol. The number of fused-ring (bicyclic) bond motifs is 1. The minimum absolute atomic E-state index is 0.0821. The van der Waals surface area contributed by atoms with Crippen LogP contribution in [0.4, 0.5) is 0 Å². The molecule has 180 valence electrons. The van der Waals surface area contributed by atoms with E-state index < -0.39 is 12.1 Å². The van der Waals surface area contributed by atoms with E-state index in [4.69, 9.17) is 4.74 Å². The first-order valence-electron chi connectivity index (χ1n) is 11.8. The van der Waals surface area contributed by atoms with Gasteiger partial charge in [-0.2, -0.15) is 5.26 Å². The summed E-state index contributed by atoms with van der Waals surface area (Å²) < 4.78 is 5.40. The number of hydrogen-bond donors (Lipinski definition) is 3. The van der Waals surface area contributed by atoms with Crippen molar-refractivity contribution in [1.29, 1.82) is 5.26 Å². The number of nitrogens with one attached hydrogen (secondary N) is 3. The van der Waals surface area contributed by atoms with E-state index >= 15 is 0 Å². The van der Waals surface area contributed by atoms with Crippen LogP contribution in [0.3, 0.4) is 0 Å². The third kappa shape index (κ3) is 4.58. The Bertz CT molecular complexity index is 1130. The highest BCUT2D eigenvalue weighted by atomic mass is 16.5. The van der Waals surface area contributed by atoms with Crippen molar-refractivity contribution >= 4 is 28.6 Å². The standard InChI is InChI=1S/C25H31N5O4/c1-14(2)16-10-21(24(32)28-17(12-26)9-15-7-8-27-23(15)31)30(13-16)25(33)20-11-18-19(29-20)5-4-6-22(18)34-3/h4-6,11,14-17,21,29H,7-10,13H2,1-3H3,(H,27,31)(H,28,32)/t15-,16?,17-,21-/m0/s1. The van der Waals surface area contributed by atoms with E-state index in [-0.39, 0.29) is 36.0 Å². The highest BCUT2D eigenvalue weighted by Gasteiger charge is 2.42. The van der Waals surface area contributed by atoms with Crippen molar-refractivity contribution in [2.75, 3.05) is 20.2 Å². The summed E-state index contributed by atoms with van der Waals surface area (Å²) in [5, 5.41) is 15.9. The van der Waals surface area contributed by atoms with Gasteiger partial charge in [-0.25, -0.2) is 0 Å². The van der Waals surface area contributed by atoms with E-state index in [0.29, 0.717) is 43.3 Å². The van der Waals surface area contributed by atoms with Gasteiger partial charge in [-0.15, -0.1) is 0 Å². The highest BCUT2D eigenvalue weighted by Crippen LogP contribution is 2.32. The van der Waals surface area contributed by atoms with Gasteiger partial charge < -0.3 is 25.3 Å². The fourth-order valence-corrected chi connectivity index (χ4v) is 4.97. The van der Waals surface area contributed by atoms with E-state index in [1.807, 2.05) is 18.2 Å². The van der Waals surface area contributed by atoms with Crippen LogP contribution in [0.15, 0.2) is 24.3 Å². The van der Waals surface area contributed by atoms with E-state index in [1.165, 1.54) is 0 Å². The SMILES string of the molecule is COc1cccc2[nH]c(C(=O)N3CC(C(C)C)C[C@H]3C(=O)N[C@H](C#N)C[C@@H]3CCNC3=O)cc12. The molecular formula is C25H31N5O4. The first kappa shape index (κ1) is 23.6. The maximum atomic E-state index is 13.5. The quantitative estimate of drug-likeness (QED) is 0.578. The minimum Gasteiger partial charge on any atom is -0.496 e. The van der Waals surface area contributed by atoms with Gasteiger partial charge >= 0.3 is 0 Å². The average molecular weight is 466 g/mol. The summed E-state index contributed by atoms with van der Waals surface area (Å²) in [5.74, 6) is 0.152. The normalized spacial score (nSPS) is 23.1. The first-order valence-corrected chi connectivity index (χ1v) is 11.8. The van der Waals surface area contributed by atoms with Crippen LogP contribution in [0, 0.1) is 29.1 Å². The lowest BCUT2D eigenvalue weighted by atomic mass is 9.93. The van der Waals surface area contributed by atoms with Crippen molar-refractivity contribution in [3.63, 3.8) is 0 Å². The molecule has 0 bridgehead atoms. The van der Waals surface area contributed by atoms with Crippen LogP contribution in [0.25, 0.3) is 10.9 Å². The molecule has 4 atom stereocenters. The molecule has 3 N–H and O–H groups in total. The summed E-state index contributed by atoms with van der Waals surface area (Å²) >= 11 is 0. The molecule has 3 amide bonds. The monoisotopic (exact) mass is 465 g/mol. The van der Waals surface area contributed by atoms with Crippen LogP contribution in [-0.2, 0) is 9.59 Å². The van der Waals surface area contributed by atoms with Gasteiger partial charge in [-0.05, 0) is 49.3 Å². The van der Waals surface area contributed by atoms with Crippen LogP contribution in [0.2, 0.25) is 0 Å². The number of ether oxygens (including phenoxy) is 1. The molecule has 0 saturated carbocycles. The zero-order valence-electron chi connectivity index (χ0n) is 19.8.